The summed E-state index contributed by atoms with van der Waals surface area (Å²) >= 11 is 0. The minimum Gasteiger partial charge on any atom is -0.489 e. The smallest absolute Gasteiger partial charge is 0.350 e. The van der Waals surface area contributed by atoms with E-state index in [1.807, 2.05) is 32.9 Å². The van der Waals surface area contributed by atoms with E-state index in [1.54, 1.807) is 22.6 Å². The highest BCUT2D eigenvalue weighted by molar-refractivity contribution is 6.01. The van der Waals surface area contributed by atoms with Crippen molar-refractivity contribution in [2.75, 3.05) is 38.3 Å². The molecule has 5 rings (SSSR count). The number of ether oxygens (including phenoxy) is 2. The predicted molar refractivity (Wildman–Crippen MR) is 150 cm³/mol. The number of carbonyl (C=O) groups excluding carboxylic acids is 1. The van der Waals surface area contributed by atoms with Crippen LogP contribution in [0.4, 0.5) is 10.2 Å². The third-order valence-electron chi connectivity index (χ3n) is 7.92. The van der Waals surface area contributed by atoms with Crippen molar-refractivity contribution in [2.45, 2.75) is 52.3 Å². The van der Waals surface area contributed by atoms with Crippen LogP contribution in [0.1, 0.15) is 31.4 Å². The van der Waals surface area contributed by atoms with Gasteiger partial charge < -0.3 is 19.3 Å². The van der Waals surface area contributed by atoms with E-state index in [9.17, 15) is 9.59 Å². The molecule has 2 unspecified atom stereocenters. The lowest BCUT2D eigenvalue weighted by molar-refractivity contribution is -0.126. The second-order valence-corrected chi connectivity index (χ2v) is 10.4. The zero-order valence-corrected chi connectivity index (χ0v) is 23.0. The van der Waals surface area contributed by atoms with Crippen LogP contribution in [0.5, 0.6) is 5.75 Å². The number of benzene rings is 2. The highest BCUT2D eigenvalue weighted by Crippen LogP contribution is 2.45. The van der Waals surface area contributed by atoms with Crippen LogP contribution in [0.2, 0.25) is 0 Å². The maximum atomic E-state index is 15.6. The molecule has 0 spiro atoms. The Morgan fingerprint density at radius 1 is 1.31 bits per heavy atom. The summed E-state index contributed by atoms with van der Waals surface area (Å²) in [4.78, 5) is 33.9. The highest BCUT2D eigenvalue weighted by atomic mass is 19.1. The third kappa shape index (κ3) is 4.80. The van der Waals surface area contributed by atoms with Crippen molar-refractivity contribution in [1.29, 1.82) is 0 Å². The van der Waals surface area contributed by atoms with Crippen LogP contribution in [0.15, 0.2) is 41.7 Å². The van der Waals surface area contributed by atoms with E-state index in [0.29, 0.717) is 67.4 Å². The van der Waals surface area contributed by atoms with Crippen LogP contribution in [0, 0.1) is 12.7 Å². The Morgan fingerprint density at radius 2 is 2.10 bits per heavy atom. The number of halogens is 1. The summed E-state index contributed by atoms with van der Waals surface area (Å²) in [7, 11) is 1.67. The van der Waals surface area contributed by atoms with E-state index in [1.165, 1.54) is 12.1 Å². The summed E-state index contributed by atoms with van der Waals surface area (Å²) in [6.45, 7) is 11.7. The van der Waals surface area contributed by atoms with Crippen molar-refractivity contribution >= 4 is 22.6 Å². The number of carbonyl (C=O) groups is 1. The molecule has 1 aromatic heterocycles. The van der Waals surface area contributed by atoms with Gasteiger partial charge in [-0.05, 0) is 62.9 Å². The van der Waals surface area contributed by atoms with Gasteiger partial charge in [0.25, 0.3) is 0 Å². The number of methoxy groups -OCH3 is 1. The van der Waals surface area contributed by atoms with E-state index in [-0.39, 0.29) is 29.6 Å². The fourth-order valence-electron chi connectivity index (χ4n) is 5.77. The molecule has 3 aromatic rings. The molecule has 9 heteroatoms. The number of rotatable bonds is 7. The van der Waals surface area contributed by atoms with Crippen LogP contribution in [-0.2, 0) is 22.5 Å². The van der Waals surface area contributed by atoms with Gasteiger partial charge >= 0.3 is 5.69 Å². The van der Waals surface area contributed by atoms with Crippen molar-refractivity contribution in [3.8, 4) is 16.9 Å². The molecule has 0 bridgehead atoms. The summed E-state index contributed by atoms with van der Waals surface area (Å²) in [6, 6.07) is 7.06. The van der Waals surface area contributed by atoms with Crippen LogP contribution in [-0.4, -0.2) is 65.9 Å². The monoisotopic (exact) mass is 534 g/mol. The number of hydrogen-bond donors (Lipinski definition) is 0. The van der Waals surface area contributed by atoms with Gasteiger partial charge in [0.15, 0.2) is 5.75 Å². The molecule has 1 amide bonds. The number of aromatic nitrogens is 2. The standard InChI is InChI=1S/C30H35FN4O4/c1-6-24(36)33-12-13-34(19(3)17-33)29-22-16-18(2)25(28-27(22)35(14-15-39-28)30(37)32-29)26-21(8-7-9-23(26)31)11-10-20(4)38-5/h6-9,16,19-20H,1,10-15,17H2,2-5H3. The van der Waals surface area contributed by atoms with E-state index < -0.39 is 0 Å². The molecule has 2 aliphatic heterocycles. The molecule has 1 saturated heterocycles. The van der Waals surface area contributed by atoms with Gasteiger partial charge in [-0.15, -0.1) is 0 Å². The number of nitrogens with zero attached hydrogens (tertiary/aromatic N) is 4. The molecule has 0 N–H and O–H groups in total. The number of piperazine rings is 1. The van der Waals surface area contributed by atoms with E-state index in [0.717, 1.165) is 22.9 Å². The average Bonchev–Trinajstić information content (AvgIpc) is 2.93. The minimum absolute atomic E-state index is 0.0384. The number of anilines is 1. The lowest BCUT2D eigenvalue weighted by atomic mass is 9.90. The first-order valence-electron chi connectivity index (χ1n) is 13.4. The van der Waals surface area contributed by atoms with Crippen molar-refractivity contribution in [3.63, 3.8) is 0 Å². The van der Waals surface area contributed by atoms with Gasteiger partial charge in [0.2, 0.25) is 5.91 Å². The third-order valence-corrected chi connectivity index (χ3v) is 7.92. The molecule has 2 atom stereocenters. The molecule has 0 saturated carbocycles. The lowest BCUT2D eigenvalue weighted by Gasteiger charge is -2.41. The van der Waals surface area contributed by atoms with Gasteiger partial charge in [0, 0.05) is 49.3 Å². The SMILES string of the molecule is C=CC(=O)N1CCN(c2nc(=O)n3c4c(c(-c5c(F)cccc5CCC(C)OC)c(C)cc24)OCC3)C(C)C1. The first-order chi connectivity index (χ1) is 18.7. The first kappa shape index (κ1) is 26.9. The first-order valence-corrected chi connectivity index (χ1v) is 13.4. The zero-order valence-electron chi connectivity index (χ0n) is 23.0. The molecule has 39 heavy (non-hydrogen) atoms. The summed E-state index contributed by atoms with van der Waals surface area (Å²) in [5.41, 5.74) is 3.14. The van der Waals surface area contributed by atoms with E-state index in [2.05, 4.69) is 16.5 Å². The minimum atomic E-state index is -0.365. The Labute approximate surface area is 227 Å². The van der Waals surface area contributed by atoms with Crippen molar-refractivity contribution < 1.29 is 18.7 Å². The van der Waals surface area contributed by atoms with Gasteiger partial charge in [0.05, 0.1) is 18.2 Å². The topological polar surface area (TPSA) is 76.9 Å². The molecule has 3 heterocycles. The van der Waals surface area contributed by atoms with Gasteiger partial charge in [0.1, 0.15) is 18.2 Å². The van der Waals surface area contributed by atoms with Crippen molar-refractivity contribution in [3.05, 3.63) is 64.3 Å². The van der Waals surface area contributed by atoms with Gasteiger partial charge in [-0.2, -0.15) is 4.98 Å². The molecule has 0 radical (unpaired) electrons. The summed E-state index contributed by atoms with van der Waals surface area (Å²) in [5.74, 6) is 0.635. The Balaban J connectivity index is 1.68. The van der Waals surface area contributed by atoms with Gasteiger partial charge in [-0.25, -0.2) is 9.18 Å². The van der Waals surface area contributed by atoms with Crippen LogP contribution >= 0.6 is 0 Å². The quantitative estimate of drug-likeness (QED) is 0.425. The van der Waals surface area contributed by atoms with Gasteiger partial charge in [-0.1, -0.05) is 18.7 Å². The molecular formula is C30H35FN4O4. The average molecular weight is 535 g/mol. The molecule has 206 valence electrons. The van der Waals surface area contributed by atoms with Crippen molar-refractivity contribution in [2.24, 2.45) is 0 Å². The normalized spacial score (nSPS) is 17.7. The maximum absolute atomic E-state index is 15.6. The molecule has 2 aliphatic rings. The lowest BCUT2D eigenvalue weighted by Crippen LogP contribution is -2.54. The Bertz CT molecular complexity index is 1500. The summed E-state index contributed by atoms with van der Waals surface area (Å²) in [6.07, 6.45) is 2.74. The molecule has 1 fully saturated rings. The largest absolute Gasteiger partial charge is 0.489 e. The maximum Gasteiger partial charge on any atom is 0.350 e. The Morgan fingerprint density at radius 3 is 2.82 bits per heavy atom. The zero-order chi connectivity index (χ0) is 27.8. The summed E-state index contributed by atoms with van der Waals surface area (Å²) < 4.78 is 28.9. The van der Waals surface area contributed by atoms with Gasteiger partial charge in [-0.3, -0.25) is 9.36 Å². The van der Waals surface area contributed by atoms with Crippen LogP contribution < -0.4 is 15.3 Å². The van der Waals surface area contributed by atoms with Crippen LogP contribution in [0.3, 0.4) is 0 Å². The Kier molecular flexibility index (Phi) is 7.44. The fourth-order valence-corrected chi connectivity index (χ4v) is 5.77. The fraction of sp³-hybridized carbons (Fsp3) is 0.433. The van der Waals surface area contributed by atoms with E-state index >= 15 is 4.39 Å². The van der Waals surface area contributed by atoms with E-state index in [4.69, 9.17) is 9.47 Å². The van der Waals surface area contributed by atoms with Crippen molar-refractivity contribution in [1.82, 2.24) is 14.5 Å². The molecule has 0 aliphatic carbocycles. The number of hydrogen-bond acceptors (Lipinski definition) is 6. The van der Waals surface area contributed by atoms with Crippen LogP contribution in [0.25, 0.3) is 22.0 Å². The predicted octanol–water partition coefficient (Wildman–Crippen LogP) is 4.09. The molecule has 8 nitrogen and oxygen atoms in total. The molecule has 2 aromatic carbocycles. The highest BCUT2D eigenvalue weighted by Gasteiger charge is 2.32. The molecular weight excluding hydrogens is 499 g/mol. The summed E-state index contributed by atoms with van der Waals surface area (Å²) in [5, 5.41) is 0.784. The number of aryl methyl sites for hydroxylation is 2. The second kappa shape index (κ2) is 10.8. The number of amides is 1. The Hall–Kier alpha value is -3.72. The second-order valence-electron chi connectivity index (χ2n) is 10.4.